The van der Waals surface area contributed by atoms with Crippen LogP contribution in [-0.4, -0.2) is 9.36 Å². The van der Waals surface area contributed by atoms with Crippen LogP contribution in [0, 0.1) is 0 Å². The van der Waals surface area contributed by atoms with Crippen molar-refractivity contribution in [2.45, 2.75) is 0 Å². The van der Waals surface area contributed by atoms with Crippen molar-refractivity contribution in [2.75, 3.05) is 0 Å². The van der Waals surface area contributed by atoms with Gasteiger partial charge in [-0.2, -0.15) is 4.37 Å². The number of pyridine rings is 1. The maximum Gasteiger partial charge on any atom is 0.249 e. The summed E-state index contributed by atoms with van der Waals surface area (Å²) < 4.78 is 5.73. The lowest BCUT2D eigenvalue weighted by atomic mass is 10.4. The molecule has 0 saturated heterocycles. The molecule has 56 valence electrons. The van der Waals surface area contributed by atoms with Crippen molar-refractivity contribution in [3.05, 3.63) is 27.2 Å². The Morgan fingerprint density at radius 3 is 3.27 bits per heavy atom. The number of H-pyrrole nitrogens is 1. The van der Waals surface area contributed by atoms with Crippen molar-refractivity contribution in [1.29, 1.82) is 0 Å². The number of aromatic nitrogens is 2. The molecule has 0 radical (unpaired) electrons. The van der Waals surface area contributed by atoms with E-state index >= 15 is 0 Å². The van der Waals surface area contributed by atoms with E-state index in [1.807, 2.05) is 0 Å². The molecule has 0 fully saturated rings. The Labute approximate surface area is 74.4 Å². The average molecular weight is 231 g/mol. The maximum atomic E-state index is 10.8. The van der Waals surface area contributed by atoms with Gasteiger partial charge < -0.3 is 4.98 Å². The van der Waals surface area contributed by atoms with E-state index in [0.29, 0.717) is 0 Å². The molecule has 2 heterocycles. The van der Waals surface area contributed by atoms with Gasteiger partial charge in [0.1, 0.15) is 4.60 Å². The van der Waals surface area contributed by atoms with Gasteiger partial charge in [0.15, 0.2) is 0 Å². The number of nitrogens with zero attached hydrogens (tertiary/aromatic N) is 1. The summed E-state index contributed by atoms with van der Waals surface area (Å²) in [5.74, 6) is 0. The molecule has 5 heteroatoms. The first-order valence-corrected chi connectivity index (χ1v) is 4.47. The topological polar surface area (TPSA) is 45.8 Å². The summed E-state index contributed by atoms with van der Waals surface area (Å²) in [5, 5.41) is 0.953. The summed E-state index contributed by atoms with van der Waals surface area (Å²) in [7, 11) is 0. The van der Waals surface area contributed by atoms with Gasteiger partial charge in [-0.05, 0) is 27.5 Å². The number of aromatic amines is 1. The highest BCUT2D eigenvalue weighted by atomic mass is 79.9. The van der Waals surface area contributed by atoms with Gasteiger partial charge in [-0.3, -0.25) is 4.79 Å². The largest absolute Gasteiger partial charge is 0.328 e. The van der Waals surface area contributed by atoms with Gasteiger partial charge in [0.05, 0.1) is 4.70 Å². The highest BCUT2D eigenvalue weighted by molar-refractivity contribution is 9.10. The Balaban J connectivity index is 2.96. The van der Waals surface area contributed by atoms with Crippen molar-refractivity contribution < 1.29 is 0 Å². The fraction of sp³-hybridized carbons (Fsp3) is 0. The van der Waals surface area contributed by atoms with E-state index < -0.39 is 0 Å². The van der Waals surface area contributed by atoms with Crippen LogP contribution >= 0.6 is 27.5 Å². The molecular formula is C6H3BrN2OS. The second-order valence-corrected chi connectivity index (χ2v) is 3.60. The molecule has 0 amide bonds. The molecule has 0 bridgehead atoms. The fourth-order valence-electron chi connectivity index (χ4n) is 0.828. The normalized spacial score (nSPS) is 10.6. The molecule has 0 spiro atoms. The molecule has 0 aliphatic heterocycles. The second kappa shape index (κ2) is 2.42. The van der Waals surface area contributed by atoms with E-state index in [4.69, 9.17) is 0 Å². The Bertz CT molecular complexity index is 447. The lowest BCUT2D eigenvalue weighted by molar-refractivity contribution is 1.27. The monoisotopic (exact) mass is 230 g/mol. The van der Waals surface area contributed by atoms with Crippen LogP contribution in [0.5, 0.6) is 0 Å². The quantitative estimate of drug-likeness (QED) is 0.750. The van der Waals surface area contributed by atoms with Crippen LogP contribution in [-0.2, 0) is 0 Å². The molecule has 0 atom stereocenters. The number of hydrogen-bond acceptors (Lipinski definition) is 3. The summed E-state index contributed by atoms with van der Waals surface area (Å²) in [5.41, 5.74) is -0.0892. The predicted molar refractivity (Wildman–Crippen MR) is 47.9 cm³/mol. The van der Waals surface area contributed by atoms with E-state index in [9.17, 15) is 4.79 Å². The van der Waals surface area contributed by atoms with Gasteiger partial charge in [0, 0.05) is 17.6 Å². The Morgan fingerprint density at radius 2 is 2.45 bits per heavy atom. The Morgan fingerprint density at radius 1 is 1.64 bits per heavy atom. The molecule has 0 aliphatic rings. The molecule has 2 rings (SSSR count). The summed E-state index contributed by atoms with van der Waals surface area (Å²) in [6, 6.07) is 1.54. The van der Waals surface area contributed by atoms with Crippen LogP contribution in [0.4, 0.5) is 0 Å². The van der Waals surface area contributed by atoms with Gasteiger partial charge in [0.2, 0.25) is 5.56 Å². The zero-order chi connectivity index (χ0) is 7.84. The summed E-state index contributed by atoms with van der Waals surface area (Å²) >= 11 is 4.58. The van der Waals surface area contributed by atoms with E-state index in [1.54, 1.807) is 6.20 Å². The summed E-state index contributed by atoms with van der Waals surface area (Å²) in [4.78, 5) is 13.4. The van der Waals surface area contributed by atoms with Gasteiger partial charge in [-0.15, -0.1) is 0 Å². The van der Waals surface area contributed by atoms with E-state index in [-0.39, 0.29) is 5.56 Å². The third kappa shape index (κ3) is 1.10. The molecule has 0 unspecified atom stereocenters. The summed E-state index contributed by atoms with van der Waals surface area (Å²) in [6.45, 7) is 0. The minimum absolute atomic E-state index is 0.0892. The first-order chi connectivity index (χ1) is 5.27. The smallest absolute Gasteiger partial charge is 0.249 e. The number of halogens is 1. The van der Waals surface area contributed by atoms with Gasteiger partial charge in [-0.25, -0.2) is 0 Å². The van der Waals surface area contributed by atoms with Gasteiger partial charge in [0.25, 0.3) is 0 Å². The molecule has 2 aromatic heterocycles. The first-order valence-electron chi connectivity index (χ1n) is 2.91. The molecule has 0 aliphatic carbocycles. The molecule has 3 nitrogen and oxygen atoms in total. The lowest BCUT2D eigenvalue weighted by Gasteiger charge is -1.84. The summed E-state index contributed by atoms with van der Waals surface area (Å²) in [6.07, 6.45) is 1.66. The third-order valence-corrected chi connectivity index (χ3v) is 2.98. The number of nitrogens with one attached hydrogen (secondary N) is 1. The lowest BCUT2D eigenvalue weighted by Crippen LogP contribution is -2.00. The SMILES string of the molecule is O=c1cc2snc(Br)c2c[nH]1. The number of rotatable bonds is 0. The zero-order valence-electron chi connectivity index (χ0n) is 5.30. The second-order valence-electron chi connectivity index (χ2n) is 2.05. The molecule has 0 saturated carbocycles. The van der Waals surface area contributed by atoms with Crippen LogP contribution in [0.25, 0.3) is 10.1 Å². The molecule has 2 aromatic rings. The van der Waals surface area contributed by atoms with Crippen molar-refractivity contribution in [1.82, 2.24) is 9.36 Å². The van der Waals surface area contributed by atoms with E-state index in [1.165, 1.54) is 17.6 Å². The minimum atomic E-state index is -0.0892. The first kappa shape index (κ1) is 7.00. The minimum Gasteiger partial charge on any atom is -0.328 e. The Kier molecular flexibility index (Phi) is 1.54. The molecular weight excluding hydrogens is 228 g/mol. The standard InChI is InChI=1S/C6H3BrN2OS/c7-6-3-2-8-5(10)1-4(3)11-9-6/h1-2H,(H,8,10). The van der Waals surface area contributed by atoms with E-state index in [0.717, 1.165) is 14.7 Å². The van der Waals surface area contributed by atoms with Gasteiger partial charge in [-0.1, -0.05) is 0 Å². The predicted octanol–water partition coefficient (Wildman–Crippen LogP) is 1.75. The van der Waals surface area contributed by atoms with Crippen LogP contribution in [0.1, 0.15) is 0 Å². The highest BCUT2D eigenvalue weighted by Gasteiger charge is 2.01. The number of hydrogen-bond donors (Lipinski definition) is 1. The molecule has 11 heavy (non-hydrogen) atoms. The van der Waals surface area contributed by atoms with Crippen LogP contribution in [0.2, 0.25) is 0 Å². The van der Waals surface area contributed by atoms with Crippen molar-refractivity contribution in [3.63, 3.8) is 0 Å². The van der Waals surface area contributed by atoms with Crippen LogP contribution in [0.15, 0.2) is 21.7 Å². The van der Waals surface area contributed by atoms with Crippen LogP contribution in [0.3, 0.4) is 0 Å². The van der Waals surface area contributed by atoms with E-state index in [2.05, 4.69) is 25.3 Å². The van der Waals surface area contributed by atoms with Crippen molar-refractivity contribution in [3.8, 4) is 0 Å². The fourth-order valence-corrected chi connectivity index (χ4v) is 2.20. The molecule has 0 aromatic carbocycles. The zero-order valence-corrected chi connectivity index (χ0v) is 7.70. The number of fused-ring (bicyclic) bond motifs is 1. The van der Waals surface area contributed by atoms with Gasteiger partial charge >= 0.3 is 0 Å². The van der Waals surface area contributed by atoms with Crippen LogP contribution < -0.4 is 5.56 Å². The highest BCUT2D eigenvalue weighted by Crippen LogP contribution is 2.23. The van der Waals surface area contributed by atoms with Crippen molar-refractivity contribution >= 4 is 37.5 Å². The maximum absolute atomic E-state index is 10.8. The van der Waals surface area contributed by atoms with Crippen molar-refractivity contribution in [2.24, 2.45) is 0 Å². The molecule has 1 N–H and O–H groups in total. The Hall–Kier alpha value is -0.680. The average Bonchev–Trinajstić information content (AvgIpc) is 2.32. The third-order valence-electron chi connectivity index (χ3n) is 1.33.